The lowest BCUT2D eigenvalue weighted by molar-refractivity contribution is 0.399. The van der Waals surface area contributed by atoms with Crippen molar-refractivity contribution in [2.24, 2.45) is 11.8 Å². The maximum Gasteiger partial charge on any atom is 0.211 e. The largest absolute Gasteiger partial charge is 0.317 e. The third kappa shape index (κ3) is 4.86. The Hall–Kier alpha value is -0.130. The fraction of sp³-hybridized carbons (Fsp3) is 1.00. The van der Waals surface area contributed by atoms with Gasteiger partial charge in [-0.1, -0.05) is 25.7 Å². The Kier molecular flexibility index (Phi) is 5.45. The van der Waals surface area contributed by atoms with Gasteiger partial charge in [0.15, 0.2) is 0 Å². The van der Waals surface area contributed by atoms with E-state index < -0.39 is 10.0 Å². The van der Waals surface area contributed by atoms with Crippen molar-refractivity contribution in [1.82, 2.24) is 10.0 Å². The maximum absolute atomic E-state index is 11.9. The van der Waals surface area contributed by atoms with Gasteiger partial charge in [0, 0.05) is 6.54 Å². The summed E-state index contributed by atoms with van der Waals surface area (Å²) in [5.74, 6) is 1.42. The molecule has 1 aliphatic heterocycles. The first kappa shape index (κ1) is 14.3. The van der Waals surface area contributed by atoms with E-state index in [1.165, 1.54) is 25.7 Å². The molecular weight excluding hydrogens is 248 g/mol. The molecule has 4 nitrogen and oxygen atoms in total. The van der Waals surface area contributed by atoms with Gasteiger partial charge in [0.05, 0.1) is 5.75 Å². The van der Waals surface area contributed by atoms with Crippen molar-refractivity contribution in [3.63, 3.8) is 0 Å². The van der Waals surface area contributed by atoms with E-state index in [-0.39, 0.29) is 0 Å². The number of nitrogens with one attached hydrogen (secondary N) is 2. The first-order valence-electron chi connectivity index (χ1n) is 7.34. The molecule has 18 heavy (non-hydrogen) atoms. The zero-order valence-corrected chi connectivity index (χ0v) is 12.0. The molecule has 0 spiro atoms. The minimum Gasteiger partial charge on any atom is -0.317 e. The second-order valence-electron chi connectivity index (χ2n) is 5.81. The van der Waals surface area contributed by atoms with Crippen molar-refractivity contribution < 1.29 is 8.42 Å². The van der Waals surface area contributed by atoms with Gasteiger partial charge in [-0.05, 0) is 44.2 Å². The highest BCUT2D eigenvalue weighted by atomic mass is 32.2. The second-order valence-corrected chi connectivity index (χ2v) is 7.66. The molecule has 106 valence electrons. The summed E-state index contributed by atoms with van der Waals surface area (Å²) in [5.41, 5.74) is 0. The molecule has 2 rings (SSSR count). The molecule has 0 aromatic heterocycles. The highest BCUT2D eigenvalue weighted by Crippen LogP contribution is 2.27. The summed E-state index contributed by atoms with van der Waals surface area (Å²) >= 11 is 0. The number of sulfonamides is 1. The fourth-order valence-electron chi connectivity index (χ4n) is 3.14. The van der Waals surface area contributed by atoms with Crippen molar-refractivity contribution in [2.75, 3.05) is 25.4 Å². The van der Waals surface area contributed by atoms with Crippen LogP contribution in [0.4, 0.5) is 0 Å². The predicted molar refractivity (Wildman–Crippen MR) is 74.0 cm³/mol. The Balaban J connectivity index is 1.66. The Morgan fingerprint density at radius 3 is 2.33 bits per heavy atom. The van der Waals surface area contributed by atoms with Crippen molar-refractivity contribution in [3.8, 4) is 0 Å². The second kappa shape index (κ2) is 6.87. The zero-order valence-electron chi connectivity index (χ0n) is 11.2. The van der Waals surface area contributed by atoms with Crippen molar-refractivity contribution in [3.05, 3.63) is 0 Å². The van der Waals surface area contributed by atoms with E-state index in [0.717, 1.165) is 38.3 Å². The van der Waals surface area contributed by atoms with E-state index in [0.29, 0.717) is 18.2 Å². The molecule has 0 bridgehead atoms. The van der Waals surface area contributed by atoms with Crippen LogP contribution in [-0.4, -0.2) is 33.8 Å². The molecule has 0 radical (unpaired) electrons. The first-order valence-corrected chi connectivity index (χ1v) is 8.99. The molecule has 0 aromatic rings. The average molecular weight is 274 g/mol. The van der Waals surface area contributed by atoms with Crippen LogP contribution in [0.1, 0.15) is 44.9 Å². The van der Waals surface area contributed by atoms with Gasteiger partial charge in [0.25, 0.3) is 0 Å². The highest BCUT2D eigenvalue weighted by molar-refractivity contribution is 7.89. The van der Waals surface area contributed by atoms with Crippen molar-refractivity contribution in [1.29, 1.82) is 0 Å². The molecule has 0 amide bonds. The molecule has 0 unspecified atom stereocenters. The third-order valence-electron chi connectivity index (χ3n) is 4.26. The summed E-state index contributed by atoms with van der Waals surface area (Å²) in [4.78, 5) is 0. The van der Waals surface area contributed by atoms with Crippen LogP contribution in [0.25, 0.3) is 0 Å². The van der Waals surface area contributed by atoms with Crippen LogP contribution in [-0.2, 0) is 10.0 Å². The average Bonchev–Trinajstić information content (AvgIpc) is 2.82. The monoisotopic (exact) mass is 274 g/mol. The van der Waals surface area contributed by atoms with Crippen molar-refractivity contribution >= 4 is 10.0 Å². The minimum atomic E-state index is -3.05. The Morgan fingerprint density at radius 1 is 1.00 bits per heavy atom. The number of hydrogen-bond donors (Lipinski definition) is 2. The van der Waals surface area contributed by atoms with Crippen LogP contribution in [0.5, 0.6) is 0 Å². The molecule has 5 heteroatoms. The lowest BCUT2D eigenvalue weighted by Gasteiger charge is -2.22. The van der Waals surface area contributed by atoms with Gasteiger partial charge in [-0.25, -0.2) is 13.1 Å². The van der Waals surface area contributed by atoms with Gasteiger partial charge in [-0.15, -0.1) is 0 Å². The molecule has 1 heterocycles. The molecule has 2 fully saturated rings. The summed E-state index contributed by atoms with van der Waals surface area (Å²) in [7, 11) is -3.05. The molecular formula is C13H26N2O2S. The zero-order chi connectivity index (χ0) is 12.8. The standard InChI is InChI=1S/C13H26N2O2S/c16-18(17,11-13-5-8-14-9-6-13)15-10-7-12-3-1-2-4-12/h12-15H,1-11H2. The van der Waals surface area contributed by atoms with Crippen LogP contribution in [0, 0.1) is 11.8 Å². The van der Waals surface area contributed by atoms with Gasteiger partial charge in [-0.3, -0.25) is 0 Å². The molecule has 1 saturated heterocycles. The van der Waals surface area contributed by atoms with E-state index in [2.05, 4.69) is 10.0 Å². The summed E-state index contributed by atoms with van der Waals surface area (Å²) < 4.78 is 26.7. The SMILES string of the molecule is O=S(=O)(CC1CCNCC1)NCCC1CCCC1. The van der Waals surface area contributed by atoms with E-state index >= 15 is 0 Å². The summed E-state index contributed by atoms with van der Waals surface area (Å²) in [6.07, 6.45) is 8.23. The van der Waals surface area contributed by atoms with Gasteiger partial charge in [0.2, 0.25) is 10.0 Å². The minimum absolute atomic E-state index is 0.319. The quantitative estimate of drug-likeness (QED) is 0.771. The maximum atomic E-state index is 11.9. The number of rotatable bonds is 6. The fourth-order valence-corrected chi connectivity index (χ4v) is 4.64. The Bertz CT molecular complexity index is 331. The molecule has 0 aromatic carbocycles. The third-order valence-corrected chi connectivity index (χ3v) is 5.82. The topological polar surface area (TPSA) is 58.2 Å². The number of piperidine rings is 1. The molecule has 2 N–H and O–H groups in total. The van der Waals surface area contributed by atoms with Crippen LogP contribution in [0.2, 0.25) is 0 Å². The lowest BCUT2D eigenvalue weighted by atomic mass is 10.0. The van der Waals surface area contributed by atoms with E-state index in [9.17, 15) is 8.42 Å². The lowest BCUT2D eigenvalue weighted by Crippen LogP contribution is -2.36. The Labute approximate surface area is 111 Å². The van der Waals surface area contributed by atoms with Crippen LogP contribution in [0.15, 0.2) is 0 Å². The Morgan fingerprint density at radius 2 is 1.67 bits per heavy atom. The molecule has 1 saturated carbocycles. The van der Waals surface area contributed by atoms with Gasteiger partial charge < -0.3 is 5.32 Å². The van der Waals surface area contributed by atoms with Crippen LogP contribution >= 0.6 is 0 Å². The number of hydrogen-bond acceptors (Lipinski definition) is 3. The van der Waals surface area contributed by atoms with Gasteiger partial charge in [-0.2, -0.15) is 0 Å². The van der Waals surface area contributed by atoms with Crippen LogP contribution < -0.4 is 10.0 Å². The van der Waals surface area contributed by atoms with Crippen molar-refractivity contribution in [2.45, 2.75) is 44.9 Å². The molecule has 0 atom stereocenters. The van der Waals surface area contributed by atoms with E-state index in [1.807, 2.05) is 0 Å². The summed E-state index contributed by atoms with van der Waals surface area (Å²) in [6, 6.07) is 0. The summed E-state index contributed by atoms with van der Waals surface area (Å²) in [5, 5.41) is 3.27. The van der Waals surface area contributed by atoms with Gasteiger partial charge in [0.1, 0.15) is 0 Å². The van der Waals surface area contributed by atoms with E-state index in [1.54, 1.807) is 0 Å². The highest BCUT2D eigenvalue weighted by Gasteiger charge is 2.21. The van der Waals surface area contributed by atoms with Crippen LogP contribution in [0.3, 0.4) is 0 Å². The molecule has 2 aliphatic rings. The summed E-state index contributed by atoms with van der Waals surface area (Å²) in [6.45, 7) is 2.56. The van der Waals surface area contributed by atoms with Gasteiger partial charge >= 0.3 is 0 Å². The normalized spacial score (nSPS) is 23.6. The predicted octanol–water partition coefficient (Wildman–Crippen LogP) is 1.49. The first-order chi connectivity index (χ1) is 8.66. The smallest absolute Gasteiger partial charge is 0.211 e. The molecule has 1 aliphatic carbocycles. The van der Waals surface area contributed by atoms with E-state index in [4.69, 9.17) is 0 Å².